The van der Waals surface area contributed by atoms with E-state index in [0.717, 1.165) is 12.1 Å². The number of nitro benzene ring substituents is 1. The first kappa shape index (κ1) is 12.1. The Bertz CT molecular complexity index is 634. The number of nitrogens with zero attached hydrogens (tertiary/aromatic N) is 1. The van der Waals surface area contributed by atoms with Gasteiger partial charge in [0.1, 0.15) is 11.5 Å². The van der Waals surface area contributed by atoms with E-state index in [1.165, 1.54) is 12.1 Å². The van der Waals surface area contributed by atoms with Gasteiger partial charge in [-0.1, -0.05) is 11.6 Å². The van der Waals surface area contributed by atoms with Crippen LogP contribution in [0.3, 0.4) is 0 Å². The first-order valence-electron chi connectivity index (χ1n) is 4.75. The Balaban J connectivity index is 2.62. The van der Waals surface area contributed by atoms with E-state index >= 15 is 0 Å². The largest absolute Gasteiger partial charge is 0.506 e. The SMILES string of the molecule is O=Cc1ccc(-c2cc([N+](=O)[O-])cc(Cl)c2O)o1. The quantitative estimate of drug-likeness (QED) is 0.524. The molecule has 0 aliphatic heterocycles. The average molecular weight is 268 g/mol. The van der Waals surface area contributed by atoms with Crippen LogP contribution in [0.5, 0.6) is 5.75 Å². The molecule has 0 radical (unpaired) electrons. The molecule has 6 nitrogen and oxygen atoms in total. The molecule has 0 amide bonds. The van der Waals surface area contributed by atoms with Gasteiger partial charge in [0, 0.05) is 12.1 Å². The Morgan fingerprint density at radius 1 is 1.39 bits per heavy atom. The number of carbonyl (C=O) groups is 1. The summed E-state index contributed by atoms with van der Waals surface area (Å²) in [6, 6.07) is 4.95. The van der Waals surface area contributed by atoms with Crippen LogP contribution >= 0.6 is 11.6 Å². The molecule has 7 heteroatoms. The second-order valence-electron chi connectivity index (χ2n) is 3.40. The number of nitro groups is 1. The number of hydrogen-bond acceptors (Lipinski definition) is 5. The maximum atomic E-state index is 10.7. The van der Waals surface area contributed by atoms with Crippen molar-refractivity contribution in [2.45, 2.75) is 0 Å². The van der Waals surface area contributed by atoms with Gasteiger partial charge in [-0.25, -0.2) is 0 Å². The molecular formula is C11H6ClNO5. The number of benzene rings is 1. The summed E-state index contributed by atoms with van der Waals surface area (Å²) in [5.74, 6) is -0.165. The normalized spacial score (nSPS) is 10.3. The number of halogens is 1. The number of hydrogen-bond donors (Lipinski definition) is 1. The molecular weight excluding hydrogens is 262 g/mol. The van der Waals surface area contributed by atoms with Crippen molar-refractivity contribution in [1.29, 1.82) is 0 Å². The van der Waals surface area contributed by atoms with Crippen molar-refractivity contribution in [2.24, 2.45) is 0 Å². The molecule has 0 unspecified atom stereocenters. The summed E-state index contributed by atoms with van der Waals surface area (Å²) in [6.07, 6.45) is 0.486. The van der Waals surface area contributed by atoms with Crippen LogP contribution in [0.1, 0.15) is 10.6 Å². The molecule has 0 aliphatic carbocycles. The van der Waals surface area contributed by atoms with Crippen LogP contribution in [0.2, 0.25) is 5.02 Å². The van der Waals surface area contributed by atoms with Crippen LogP contribution in [0.25, 0.3) is 11.3 Å². The summed E-state index contributed by atoms with van der Waals surface area (Å²) in [5.41, 5.74) is -0.223. The molecule has 0 saturated heterocycles. The first-order valence-corrected chi connectivity index (χ1v) is 5.13. The monoisotopic (exact) mass is 267 g/mol. The third-order valence-corrected chi connectivity index (χ3v) is 2.56. The third kappa shape index (κ3) is 2.05. The number of aromatic hydroxyl groups is 1. The summed E-state index contributed by atoms with van der Waals surface area (Å²) in [7, 11) is 0. The smallest absolute Gasteiger partial charge is 0.271 e. The zero-order chi connectivity index (χ0) is 13.3. The van der Waals surface area contributed by atoms with Gasteiger partial charge in [-0.3, -0.25) is 14.9 Å². The van der Waals surface area contributed by atoms with E-state index < -0.39 is 4.92 Å². The summed E-state index contributed by atoms with van der Waals surface area (Å²) < 4.78 is 5.08. The van der Waals surface area contributed by atoms with Crippen LogP contribution in [-0.4, -0.2) is 16.3 Å². The van der Waals surface area contributed by atoms with Crippen LogP contribution < -0.4 is 0 Å². The minimum atomic E-state index is -0.640. The topological polar surface area (TPSA) is 93.6 Å². The summed E-state index contributed by atoms with van der Waals surface area (Å²) in [4.78, 5) is 20.5. The fourth-order valence-electron chi connectivity index (χ4n) is 1.44. The van der Waals surface area contributed by atoms with Crippen LogP contribution in [0.15, 0.2) is 28.7 Å². The molecule has 2 rings (SSSR count). The van der Waals surface area contributed by atoms with Gasteiger partial charge >= 0.3 is 0 Å². The van der Waals surface area contributed by atoms with Crippen molar-refractivity contribution >= 4 is 23.6 Å². The number of phenolic OH excluding ortho intramolecular Hbond substituents is 1. The van der Waals surface area contributed by atoms with E-state index in [1.807, 2.05) is 0 Å². The summed E-state index contributed by atoms with van der Waals surface area (Å²) >= 11 is 5.69. The average Bonchev–Trinajstić information content (AvgIpc) is 2.80. The number of rotatable bonds is 3. The number of non-ortho nitro benzene ring substituents is 1. The maximum absolute atomic E-state index is 10.7. The lowest BCUT2D eigenvalue weighted by molar-refractivity contribution is -0.384. The second-order valence-corrected chi connectivity index (χ2v) is 3.81. The number of carbonyl (C=O) groups excluding carboxylic acids is 1. The highest BCUT2D eigenvalue weighted by atomic mass is 35.5. The minimum Gasteiger partial charge on any atom is -0.506 e. The highest BCUT2D eigenvalue weighted by Gasteiger charge is 2.18. The molecule has 2 aromatic rings. The Labute approximate surface area is 106 Å². The third-order valence-electron chi connectivity index (χ3n) is 2.27. The fraction of sp³-hybridized carbons (Fsp3) is 0. The zero-order valence-electron chi connectivity index (χ0n) is 8.79. The van der Waals surface area contributed by atoms with Crippen LogP contribution in [-0.2, 0) is 0 Å². The molecule has 0 bridgehead atoms. The van der Waals surface area contributed by atoms with Crippen molar-refractivity contribution in [3.8, 4) is 17.1 Å². The van der Waals surface area contributed by atoms with Gasteiger partial charge in [0.15, 0.2) is 12.0 Å². The zero-order valence-corrected chi connectivity index (χ0v) is 9.55. The predicted molar refractivity (Wildman–Crippen MR) is 62.9 cm³/mol. The Morgan fingerprint density at radius 2 is 2.11 bits per heavy atom. The lowest BCUT2D eigenvalue weighted by atomic mass is 10.1. The summed E-state index contributed by atoms with van der Waals surface area (Å²) in [6.45, 7) is 0. The molecule has 0 spiro atoms. The molecule has 1 aromatic carbocycles. The lowest BCUT2D eigenvalue weighted by Crippen LogP contribution is -1.89. The van der Waals surface area contributed by atoms with Crippen LogP contribution in [0.4, 0.5) is 5.69 Å². The predicted octanol–water partition coefficient (Wildman–Crippen LogP) is 3.03. The van der Waals surface area contributed by atoms with E-state index in [-0.39, 0.29) is 33.5 Å². The van der Waals surface area contributed by atoms with E-state index in [2.05, 4.69) is 0 Å². The van der Waals surface area contributed by atoms with Gasteiger partial charge in [-0.05, 0) is 12.1 Å². The van der Waals surface area contributed by atoms with Gasteiger partial charge in [-0.15, -0.1) is 0 Å². The molecule has 18 heavy (non-hydrogen) atoms. The first-order chi connectivity index (χ1) is 8.52. The van der Waals surface area contributed by atoms with Crippen LogP contribution in [0, 0.1) is 10.1 Å². The highest BCUT2D eigenvalue weighted by Crippen LogP contribution is 2.39. The fourth-order valence-corrected chi connectivity index (χ4v) is 1.65. The lowest BCUT2D eigenvalue weighted by Gasteiger charge is -2.03. The molecule has 92 valence electrons. The maximum Gasteiger partial charge on any atom is 0.271 e. The van der Waals surface area contributed by atoms with Crippen molar-refractivity contribution < 1.29 is 19.2 Å². The number of phenols is 1. The van der Waals surface area contributed by atoms with Gasteiger partial charge in [-0.2, -0.15) is 0 Å². The van der Waals surface area contributed by atoms with E-state index in [4.69, 9.17) is 16.0 Å². The molecule has 0 aliphatic rings. The van der Waals surface area contributed by atoms with E-state index in [0.29, 0.717) is 6.29 Å². The Kier molecular flexibility index (Phi) is 3.03. The van der Waals surface area contributed by atoms with E-state index in [1.54, 1.807) is 0 Å². The van der Waals surface area contributed by atoms with Gasteiger partial charge in [0.25, 0.3) is 5.69 Å². The molecule has 1 N–H and O–H groups in total. The standard InChI is InChI=1S/C11H6ClNO5/c12-9-4-6(13(16)17)3-8(11(9)15)10-2-1-7(5-14)18-10/h1-5,15H. The Hall–Kier alpha value is -2.34. The number of aldehydes is 1. The summed E-state index contributed by atoms with van der Waals surface area (Å²) in [5, 5.41) is 20.3. The van der Waals surface area contributed by atoms with Crippen molar-refractivity contribution in [3.63, 3.8) is 0 Å². The molecule has 1 aromatic heterocycles. The molecule has 0 atom stereocenters. The minimum absolute atomic E-state index is 0.0482. The van der Waals surface area contributed by atoms with E-state index in [9.17, 15) is 20.0 Å². The van der Waals surface area contributed by atoms with Crippen molar-refractivity contribution in [3.05, 3.63) is 45.2 Å². The van der Waals surface area contributed by atoms with Crippen molar-refractivity contribution in [2.75, 3.05) is 0 Å². The second kappa shape index (κ2) is 4.50. The van der Waals surface area contributed by atoms with Gasteiger partial charge in [0.05, 0.1) is 15.5 Å². The molecule has 1 heterocycles. The molecule has 0 fully saturated rings. The highest BCUT2D eigenvalue weighted by molar-refractivity contribution is 6.32. The van der Waals surface area contributed by atoms with Gasteiger partial charge < -0.3 is 9.52 Å². The van der Waals surface area contributed by atoms with Crippen molar-refractivity contribution in [1.82, 2.24) is 0 Å². The van der Waals surface area contributed by atoms with Gasteiger partial charge in [0.2, 0.25) is 0 Å². The Morgan fingerprint density at radius 3 is 2.67 bits per heavy atom. The molecule has 0 saturated carbocycles. The number of furan rings is 1.